The first-order valence-corrected chi connectivity index (χ1v) is 7.12. The van der Waals surface area contributed by atoms with E-state index in [1.165, 1.54) is 17.7 Å². The summed E-state index contributed by atoms with van der Waals surface area (Å²) in [7, 11) is 0. The number of nitrogens with two attached hydrogens (primary N) is 1. The maximum Gasteiger partial charge on any atom is 0.126 e. The van der Waals surface area contributed by atoms with E-state index in [9.17, 15) is 8.78 Å². The Hall–Kier alpha value is -1.74. The van der Waals surface area contributed by atoms with Crippen LogP contribution in [0.15, 0.2) is 42.5 Å². The predicted molar refractivity (Wildman–Crippen MR) is 82.1 cm³/mol. The maximum absolute atomic E-state index is 13.3. The van der Waals surface area contributed by atoms with Crippen LogP contribution in [0.5, 0.6) is 0 Å². The SMILES string of the molecule is CC(C)c1ccc(CC(C)(N)c2cc(F)cc(F)c2)cc1. The lowest BCUT2D eigenvalue weighted by molar-refractivity contribution is 0.478. The van der Waals surface area contributed by atoms with Crippen LogP contribution in [0.25, 0.3) is 0 Å². The maximum atomic E-state index is 13.3. The second-order valence-corrected chi connectivity index (χ2v) is 6.15. The molecule has 2 aromatic rings. The lowest BCUT2D eigenvalue weighted by atomic mass is 9.86. The van der Waals surface area contributed by atoms with Crippen LogP contribution in [-0.4, -0.2) is 0 Å². The van der Waals surface area contributed by atoms with Gasteiger partial charge in [-0.2, -0.15) is 0 Å². The molecule has 0 aliphatic heterocycles. The molecule has 0 saturated heterocycles. The van der Waals surface area contributed by atoms with Crippen molar-refractivity contribution in [1.82, 2.24) is 0 Å². The van der Waals surface area contributed by atoms with Crippen LogP contribution in [0.4, 0.5) is 8.78 Å². The zero-order chi connectivity index (χ0) is 15.6. The Kier molecular flexibility index (Phi) is 4.43. The number of halogens is 2. The van der Waals surface area contributed by atoms with Crippen LogP contribution < -0.4 is 5.73 Å². The minimum Gasteiger partial charge on any atom is -0.321 e. The highest BCUT2D eigenvalue weighted by Crippen LogP contribution is 2.25. The minimum absolute atomic E-state index is 0.466. The van der Waals surface area contributed by atoms with Crippen LogP contribution >= 0.6 is 0 Å². The lowest BCUT2D eigenvalue weighted by Crippen LogP contribution is -2.35. The summed E-state index contributed by atoms with van der Waals surface area (Å²) in [6.45, 7) is 6.06. The van der Waals surface area contributed by atoms with Gasteiger partial charge in [-0.05, 0) is 48.1 Å². The first kappa shape index (κ1) is 15.6. The first-order valence-electron chi connectivity index (χ1n) is 7.12. The highest BCUT2D eigenvalue weighted by molar-refractivity contribution is 5.31. The standard InChI is InChI=1S/C18H21F2N/c1-12(2)14-6-4-13(5-7-14)11-18(3,21)15-8-16(19)10-17(20)9-15/h4-10,12H,11,21H2,1-3H3. The molecular formula is C18H21F2N. The van der Waals surface area contributed by atoms with Crippen molar-refractivity contribution < 1.29 is 8.78 Å². The molecule has 1 nitrogen and oxygen atoms in total. The van der Waals surface area contributed by atoms with Gasteiger partial charge >= 0.3 is 0 Å². The summed E-state index contributed by atoms with van der Waals surface area (Å²) >= 11 is 0. The Morgan fingerprint density at radius 3 is 2.00 bits per heavy atom. The summed E-state index contributed by atoms with van der Waals surface area (Å²) in [6, 6.07) is 11.6. The minimum atomic E-state index is -0.817. The van der Waals surface area contributed by atoms with Crippen molar-refractivity contribution in [2.24, 2.45) is 5.73 Å². The number of benzene rings is 2. The summed E-state index contributed by atoms with van der Waals surface area (Å²) in [5, 5.41) is 0. The van der Waals surface area contributed by atoms with Gasteiger partial charge in [-0.3, -0.25) is 0 Å². The molecule has 21 heavy (non-hydrogen) atoms. The summed E-state index contributed by atoms with van der Waals surface area (Å²) in [5.74, 6) is -0.728. The van der Waals surface area contributed by atoms with Crippen LogP contribution in [-0.2, 0) is 12.0 Å². The molecule has 0 aliphatic carbocycles. The van der Waals surface area contributed by atoms with E-state index in [-0.39, 0.29) is 0 Å². The van der Waals surface area contributed by atoms with Crippen molar-refractivity contribution in [3.8, 4) is 0 Å². The fourth-order valence-corrected chi connectivity index (χ4v) is 2.43. The Balaban J connectivity index is 2.23. The van der Waals surface area contributed by atoms with Crippen molar-refractivity contribution in [1.29, 1.82) is 0 Å². The van der Waals surface area contributed by atoms with Gasteiger partial charge in [-0.15, -0.1) is 0 Å². The van der Waals surface area contributed by atoms with E-state index in [1.807, 2.05) is 12.1 Å². The van der Waals surface area contributed by atoms with Crippen LogP contribution in [0.1, 0.15) is 43.4 Å². The fraction of sp³-hybridized carbons (Fsp3) is 0.333. The fourth-order valence-electron chi connectivity index (χ4n) is 2.43. The molecule has 0 bridgehead atoms. The molecule has 3 heteroatoms. The van der Waals surface area contributed by atoms with Gasteiger partial charge in [0, 0.05) is 11.6 Å². The second-order valence-electron chi connectivity index (χ2n) is 6.15. The summed E-state index contributed by atoms with van der Waals surface area (Å²) in [6.07, 6.45) is 0.522. The van der Waals surface area contributed by atoms with Gasteiger partial charge in [-0.1, -0.05) is 38.1 Å². The number of hydrogen-bond donors (Lipinski definition) is 1. The van der Waals surface area contributed by atoms with Crippen LogP contribution in [0.2, 0.25) is 0 Å². The molecule has 0 radical (unpaired) electrons. The van der Waals surface area contributed by atoms with E-state index in [2.05, 4.69) is 26.0 Å². The van der Waals surface area contributed by atoms with Gasteiger partial charge in [0.15, 0.2) is 0 Å². The monoisotopic (exact) mass is 289 g/mol. The Bertz CT molecular complexity index is 595. The highest BCUT2D eigenvalue weighted by Gasteiger charge is 2.23. The summed E-state index contributed by atoms with van der Waals surface area (Å²) in [5.41, 5.74) is 8.23. The third-order valence-electron chi connectivity index (χ3n) is 3.74. The van der Waals surface area contributed by atoms with E-state index >= 15 is 0 Å². The zero-order valence-electron chi connectivity index (χ0n) is 12.7. The quantitative estimate of drug-likeness (QED) is 0.880. The zero-order valence-corrected chi connectivity index (χ0v) is 12.7. The van der Waals surface area contributed by atoms with E-state index in [4.69, 9.17) is 5.73 Å². The smallest absolute Gasteiger partial charge is 0.126 e. The molecule has 0 amide bonds. The Morgan fingerprint density at radius 2 is 1.52 bits per heavy atom. The van der Waals surface area contributed by atoms with Crippen LogP contribution in [0.3, 0.4) is 0 Å². The number of rotatable bonds is 4. The van der Waals surface area contributed by atoms with Crippen molar-refractivity contribution in [3.05, 3.63) is 70.8 Å². The third kappa shape index (κ3) is 3.88. The number of hydrogen-bond acceptors (Lipinski definition) is 1. The van der Waals surface area contributed by atoms with Crippen molar-refractivity contribution >= 4 is 0 Å². The van der Waals surface area contributed by atoms with Gasteiger partial charge in [-0.25, -0.2) is 8.78 Å². The molecule has 0 aromatic heterocycles. The van der Waals surface area contributed by atoms with Gasteiger partial charge in [0.05, 0.1) is 0 Å². The van der Waals surface area contributed by atoms with Gasteiger partial charge in [0.1, 0.15) is 11.6 Å². The topological polar surface area (TPSA) is 26.0 Å². The van der Waals surface area contributed by atoms with E-state index < -0.39 is 17.2 Å². The van der Waals surface area contributed by atoms with Gasteiger partial charge in [0.25, 0.3) is 0 Å². The van der Waals surface area contributed by atoms with Crippen molar-refractivity contribution in [2.45, 2.75) is 38.6 Å². The van der Waals surface area contributed by atoms with Gasteiger partial charge < -0.3 is 5.73 Å². The second kappa shape index (κ2) is 5.94. The Labute approximate surface area is 124 Å². The molecule has 0 saturated carbocycles. The van der Waals surface area contributed by atoms with E-state index in [1.54, 1.807) is 6.92 Å². The molecule has 2 N–H and O–H groups in total. The van der Waals surface area contributed by atoms with Gasteiger partial charge in [0.2, 0.25) is 0 Å². The van der Waals surface area contributed by atoms with E-state index in [0.717, 1.165) is 11.6 Å². The molecule has 1 unspecified atom stereocenters. The van der Waals surface area contributed by atoms with Crippen LogP contribution in [0, 0.1) is 11.6 Å². The largest absolute Gasteiger partial charge is 0.321 e. The first-order chi connectivity index (χ1) is 9.78. The molecule has 0 fully saturated rings. The van der Waals surface area contributed by atoms with Crippen molar-refractivity contribution in [3.63, 3.8) is 0 Å². The molecule has 2 rings (SSSR count). The third-order valence-corrected chi connectivity index (χ3v) is 3.74. The van der Waals surface area contributed by atoms with E-state index in [0.29, 0.717) is 17.9 Å². The molecule has 0 spiro atoms. The predicted octanol–water partition coefficient (Wildman–Crippen LogP) is 4.50. The highest BCUT2D eigenvalue weighted by atomic mass is 19.1. The lowest BCUT2D eigenvalue weighted by Gasteiger charge is -2.26. The summed E-state index contributed by atoms with van der Waals surface area (Å²) in [4.78, 5) is 0. The summed E-state index contributed by atoms with van der Waals surface area (Å²) < 4.78 is 26.7. The average molecular weight is 289 g/mol. The normalized spacial score (nSPS) is 14.2. The Morgan fingerprint density at radius 1 is 1.00 bits per heavy atom. The molecule has 0 aliphatic rings. The average Bonchev–Trinajstić information content (AvgIpc) is 2.37. The molecule has 1 atom stereocenters. The molecule has 2 aromatic carbocycles. The molecule has 0 heterocycles. The molecule has 112 valence electrons. The molecular weight excluding hydrogens is 268 g/mol. The van der Waals surface area contributed by atoms with Crippen molar-refractivity contribution in [2.75, 3.05) is 0 Å².